The Balaban J connectivity index is 3.01. The third-order valence-corrected chi connectivity index (χ3v) is 3.50. The first kappa shape index (κ1) is 16.3. The van der Waals surface area contributed by atoms with E-state index < -0.39 is 5.97 Å². The number of aryl methyl sites for hydroxylation is 1. The molecule has 0 radical (unpaired) electrons. The predicted molar refractivity (Wildman–Crippen MR) is 78.1 cm³/mol. The van der Waals surface area contributed by atoms with Crippen LogP contribution < -0.4 is 0 Å². The van der Waals surface area contributed by atoms with Gasteiger partial charge in [-0.25, -0.2) is 0 Å². The fourth-order valence-corrected chi connectivity index (χ4v) is 2.59. The van der Waals surface area contributed by atoms with Gasteiger partial charge in [-0.15, -0.1) is 0 Å². The van der Waals surface area contributed by atoms with Crippen LogP contribution in [0.25, 0.3) is 0 Å². The molecule has 5 heteroatoms. The second kappa shape index (κ2) is 6.59. The summed E-state index contributed by atoms with van der Waals surface area (Å²) in [5, 5.41) is 8.74. The minimum atomic E-state index is -0.885. The summed E-state index contributed by atoms with van der Waals surface area (Å²) in [4.78, 5) is 24.8. The highest BCUT2D eigenvalue weighted by Crippen LogP contribution is 2.21. The van der Waals surface area contributed by atoms with Crippen LogP contribution >= 0.6 is 0 Å². The highest BCUT2D eigenvalue weighted by molar-refractivity contribution is 5.96. The quantitative estimate of drug-likeness (QED) is 0.871. The number of hydrogen-bond acceptors (Lipinski definition) is 2. The summed E-state index contributed by atoms with van der Waals surface area (Å²) in [5.41, 5.74) is 2.66. The first-order chi connectivity index (χ1) is 9.29. The molecule has 0 aliphatic carbocycles. The van der Waals surface area contributed by atoms with Crippen LogP contribution in [0, 0.1) is 13.8 Å². The maximum absolute atomic E-state index is 12.5. The summed E-state index contributed by atoms with van der Waals surface area (Å²) in [5.74, 6) is -0.974. The molecule has 1 aromatic rings. The molecule has 112 valence electrons. The number of aliphatic carboxylic acids is 1. The molecule has 1 heterocycles. The number of carboxylic acid groups (broad SMARTS) is 1. The summed E-state index contributed by atoms with van der Waals surface area (Å²) in [6.07, 6.45) is -0.0253. The van der Waals surface area contributed by atoms with Gasteiger partial charge in [0.15, 0.2) is 0 Å². The van der Waals surface area contributed by atoms with Gasteiger partial charge in [-0.05, 0) is 40.7 Å². The predicted octanol–water partition coefficient (Wildman–Crippen LogP) is 2.62. The SMILES string of the molecule is CCN(CCC(=O)O)C(=O)c1cc(C)n(C(C)C)c1C. The van der Waals surface area contributed by atoms with E-state index in [4.69, 9.17) is 5.11 Å². The van der Waals surface area contributed by atoms with Gasteiger partial charge in [-0.2, -0.15) is 0 Å². The Hall–Kier alpha value is -1.78. The zero-order chi connectivity index (χ0) is 15.4. The number of nitrogens with zero attached hydrogens (tertiary/aromatic N) is 2. The largest absolute Gasteiger partial charge is 0.481 e. The lowest BCUT2D eigenvalue weighted by atomic mass is 10.2. The number of carbonyl (C=O) groups excluding carboxylic acids is 1. The van der Waals surface area contributed by atoms with Crippen molar-refractivity contribution in [2.75, 3.05) is 13.1 Å². The standard InChI is InChI=1S/C15H24N2O3/c1-6-16(8-7-14(18)19)15(20)13-9-11(4)17(10(2)3)12(13)5/h9-10H,6-8H2,1-5H3,(H,18,19). The maximum atomic E-state index is 12.5. The van der Waals surface area contributed by atoms with Crippen molar-refractivity contribution in [2.24, 2.45) is 0 Å². The third kappa shape index (κ3) is 3.40. The fraction of sp³-hybridized carbons (Fsp3) is 0.600. The smallest absolute Gasteiger partial charge is 0.305 e. The number of aromatic nitrogens is 1. The molecule has 0 bridgehead atoms. The van der Waals surface area contributed by atoms with Crippen molar-refractivity contribution in [3.05, 3.63) is 23.0 Å². The molecule has 1 aromatic heterocycles. The summed E-state index contributed by atoms with van der Waals surface area (Å²) in [7, 11) is 0. The molecule has 5 nitrogen and oxygen atoms in total. The number of hydrogen-bond donors (Lipinski definition) is 1. The Labute approximate surface area is 120 Å². The fourth-order valence-electron chi connectivity index (χ4n) is 2.59. The van der Waals surface area contributed by atoms with E-state index in [2.05, 4.69) is 18.4 Å². The molecule has 0 unspecified atom stereocenters. The Morgan fingerprint density at radius 3 is 2.35 bits per heavy atom. The van der Waals surface area contributed by atoms with Crippen LogP contribution in [0.3, 0.4) is 0 Å². The van der Waals surface area contributed by atoms with Crippen molar-refractivity contribution in [1.82, 2.24) is 9.47 Å². The third-order valence-electron chi connectivity index (χ3n) is 3.50. The van der Waals surface area contributed by atoms with Crippen LogP contribution in [0.2, 0.25) is 0 Å². The molecular formula is C15H24N2O3. The van der Waals surface area contributed by atoms with Crippen LogP contribution in [0.15, 0.2) is 6.07 Å². The highest BCUT2D eigenvalue weighted by atomic mass is 16.4. The van der Waals surface area contributed by atoms with Crippen LogP contribution in [-0.4, -0.2) is 39.5 Å². The van der Waals surface area contributed by atoms with E-state index in [0.29, 0.717) is 18.2 Å². The van der Waals surface area contributed by atoms with Crippen LogP contribution in [0.4, 0.5) is 0 Å². The first-order valence-corrected chi connectivity index (χ1v) is 6.99. The van der Waals surface area contributed by atoms with Crippen molar-refractivity contribution in [3.63, 3.8) is 0 Å². The molecule has 1 amide bonds. The number of carboxylic acids is 1. The van der Waals surface area contributed by atoms with E-state index in [1.165, 1.54) is 0 Å². The van der Waals surface area contributed by atoms with E-state index in [1.807, 2.05) is 26.8 Å². The molecule has 0 atom stereocenters. The van der Waals surface area contributed by atoms with Crippen molar-refractivity contribution < 1.29 is 14.7 Å². The second-order valence-corrected chi connectivity index (χ2v) is 5.28. The van der Waals surface area contributed by atoms with Gasteiger partial charge in [0.1, 0.15) is 0 Å². The summed E-state index contributed by atoms with van der Waals surface area (Å²) >= 11 is 0. The molecule has 0 spiro atoms. The molecule has 0 saturated heterocycles. The molecule has 1 N–H and O–H groups in total. The Kier molecular flexibility index (Phi) is 5.36. The Morgan fingerprint density at radius 2 is 1.95 bits per heavy atom. The molecule has 0 saturated carbocycles. The second-order valence-electron chi connectivity index (χ2n) is 5.28. The average Bonchev–Trinajstić information content (AvgIpc) is 2.64. The number of amides is 1. The van der Waals surface area contributed by atoms with Crippen molar-refractivity contribution in [3.8, 4) is 0 Å². The van der Waals surface area contributed by atoms with E-state index in [1.54, 1.807) is 4.90 Å². The van der Waals surface area contributed by atoms with Crippen molar-refractivity contribution in [1.29, 1.82) is 0 Å². The zero-order valence-corrected chi connectivity index (χ0v) is 12.9. The van der Waals surface area contributed by atoms with E-state index >= 15 is 0 Å². The molecule has 1 rings (SSSR count). The normalized spacial score (nSPS) is 10.9. The molecule has 0 aliphatic rings. The van der Waals surface area contributed by atoms with Gasteiger partial charge in [0, 0.05) is 30.5 Å². The monoisotopic (exact) mass is 280 g/mol. The minimum Gasteiger partial charge on any atom is -0.481 e. The van der Waals surface area contributed by atoms with Crippen LogP contribution in [0.5, 0.6) is 0 Å². The van der Waals surface area contributed by atoms with E-state index in [9.17, 15) is 9.59 Å². The summed E-state index contributed by atoms with van der Waals surface area (Å²) < 4.78 is 2.12. The van der Waals surface area contributed by atoms with Crippen LogP contribution in [-0.2, 0) is 4.79 Å². The van der Waals surface area contributed by atoms with Gasteiger partial charge in [0.05, 0.1) is 12.0 Å². The van der Waals surface area contributed by atoms with Gasteiger partial charge < -0.3 is 14.6 Å². The van der Waals surface area contributed by atoms with Gasteiger partial charge in [-0.3, -0.25) is 9.59 Å². The lowest BCUT2D eigenvalue weighted by Crippen LogP contribution is -2.33. The number of rotatable bonds is 6. The van der Waals surface area contributed by atoms with E-state index in [-0.39, 0.29) is 18.9 Å². The lowest BCUT2D eigenvalue weighted by molar-refractivity contribution is -0.137. The molecule has 0 aliphatic heterocycles. The van der Waals surface area contributed by atoms with Gasteiger partial charge in [0.2, 0.25) is 0 Å². The van der Waals surface area contributed by atoms with Crippen molar-refractivity contribution in [2.45, 2.75) is 47.1 Å². The van der Waals surface area contributed by atoms with Gasteiger partial charge in [-0.1, -0.05) is 0 Å². The maximum Gasteiger partial charge on any atom is 0.305 e. The van der Waals surface area contributed by atoms with E-state index in [0.717, 1.165) is 11.4 Å². The van der Waals surface area contributed by atoms with Crippen LogP contribution in [0.1, 0.15) is 55.0 Å². The topological polar surface area (TPSA) is 62.5 Å². The number of carbonyl (C=O) groups is 2. The van der Waals surface area contributed by atoms with Gasteiger partial charge >= 0.3 is 5.97 Å². The molecular weight excluding hydrogens is 256 g/mol. The van der Waals surface area contributed by atoms with Crippen molar-refractivity contribution >= 4 is 11.9 Å². The average molecular weight is 280 g/mol. The zero-order valence-electron chi connectivity index (χ0n) is 12.9. The first-order valence-electron chi connectivity index (χ1n) is 6.99. The molecule has 20 heavy (non-hydrogen) atoms. The minimum absolute atomic E-state index is 0.0253. The summed E-state index contributed by atoms with van der Waals surface area (Å²) in [6, 6.07) is 2.19. The Bertz CT molecular complexity index is 503. The molecule has 0 aromatic carbocycles. The lowest BCUT2D eigenvalue weighted by Gasteiger charge is -2.20. The highest BCUT2D eigenvalue weighted by Gasteiger charge is 2.21. The van der Waals surface area contributed by atoms with Gasteiger partial charge in [0.25, 0.3) is 5.91 Å². The summed E-state index contributed by atoms with van der Waals surface area (Å²) in [6.45, 7) is 10.7. The Morgan fingerprint density at radius 1 is 1.35 bits per heavy atom. The molecule has 0 fully saturated rings.